The van der Waals surface area contributed by atoms with Crippen LogP contribution >= 0.6 is 0 Å². The average Bonchev–Trinajstić information content (AvgIpc) is 2.47. The fourth-order valence-corrected chi connectivity index (χ4v) is 1.54. The summed E-state index contributed by atoms with van der Waals surface area (Å²) in [5.74, 6) is 2.51. The molecule has 0 bridgehead atoms. The maximum Gasteiger partial charge on any atom is 0.225 e. The van der Waals surface area contributed by atoms with Crippen molar-refractivity contribution in [1.82, 2.24) is 9.97 Å². The number of benzene rings is 1. The van der Waals surface area contributed by atoms with E-state index in [9.17, 15) is 0 Å². The lowest BCUT2D eigenvalue weighted by molar-refractivity contribution is 0.342. The molecule has 100 valence electrons. The Morgan fingerprint density at radius 1 is 1.05 bits per heavy atom. The highest BCUT2D eigenvalue weighted by Crippen LogP contribution is 2.39. The minimum Gasteiger partial charge on any atom is -0.493 e. The highest BCUT2D eigenvalue weighted by atomic mass is 16.5. The van der Waals surface area contributed by atoms with Crippen LogP contribution in [0, 0.1) is 0 Å². The third kappa shape index (κ3) is 2.85. The Morgan fingerprint density at radius 3 is 2.32 bits per heavy atom. The molecule has 0 unspecified atom stereocenters. The zero-order chi connectivity index (χ0) is 13.7. The summed E-state index contributed by atoms with van der Waals surface area (Å²) in [6.07, 6.45) is 1.61. The lowest BCUT2D eigenvalue weighted by Gasteiger charge is -2.13. The van der Waals surface area contributed by atoms with Crippen molar-refractivity contribution in [1.29, 1.82) is 0 Å². The zero-order valence-corrected chi connectivity index (χ0v) is 11.0. The number of hydrogen-bond acceptors (Lipinski definition) is 6. The number of aromatic nitrogens is 2. The van der Waals surface area contributed by atoms with E-state index in [0.29, 0.717) is 29.1 Å². The largest absolute Gasteiger partial charge is 0.493 e. The molecule has 0 aliphatic heterocycles. The molecule has 0 amide bonds. The van der Waals surface area contributed by atoms with Crippen LogP contribution in [0.2, 0.25) is 0 Å². The predicted molar refractivity (Wildman–Crippen MR) is 71.2 cm³/mol. The van der Waals surface area contributed by atoms with Crippen LogP contribution in [0.3, 0.4) is 0 Å². The van der Waals surface area contributed by atoms with Gasteiger partial charge in [-0.15, -0.1) is 0 Å². The fraction of sp³-hybridized carbons (Fsp3) is 0.231. The molecule has 1 heterocycles. The van der Waals surface area contributed by atoms with Crippen LogP contribution in [-0.2, 0) is 0 Å². The van der Waals surface area contributed by atoms with E-state index in [1.54, 1.807) is 45.7 Å². The molecule has 0 fully saturated rings. The number of nitrogens with one attached hydrogen (secondary N) is 1. The maximum absolute atomic E-state index is 5.72. The molecule has 19 heavy (non-hydrogen) atoms. The van der Waals surface area contributed by atoms with Crippen molar-refractivity contribution < 1.29 is 14.2 Å². The number of rotatable bonds is 5. The van der Waals surface area contributed by atoms with Gasteiger partial charge in [0, 0.05) is 19.3 Å². The number of ether oxygens (including phenoxy) is 3. The van der Waals surface area contributed by atoms with Gasteiger partial charge in [-0.05, 0) is 12.1 Å². The minimum absolute atomic E-state index is 0.405. The minimum atomic E-state index is 0.405. The molecule has 0 aliphatic rings. The van der Waals surface area contributed by atoms with Gasteiger partial charge in [0.2, 0.25) is 17.6 Å². The number of hydrogen-bond donors (Lipinski definition) is 1. The number of para-hydroxylation sites is 1. The van der Waals surface area contributed by atoms with Crippen LogP contribution < -0.4 is 19.5 Å². The first kappa shape index (κ1) is 12.9. The van der Waals surface area contributed by atoms with Crippen LogP contribution in [0.1, 0.15) is 0 Å². The van der Waals surface area contributed by atoms with Crippen LogP contribution in [-0.4, -0.2) is 31.2 Å². The van der Waals surface area contributed by atoms with Crippen molar-refractivity contribution >= 4 is 5.95 Å². The number of anilines is 1. The Labute approximate surface area is 111 Å². The maximum atomic E-state index is 5.72. The zero-order valence-electron chi connectivity index (χ0n) is 11.0. The standard InChI is InChI=1S/C13H15N3O3/c1-14-13-15-8-7-11(16-13)19-12-9(17-2)5-4-6-10(12)18-3/h4-8H,1-3H3,(H,14,15,16). The Morgan fingerprint density at radius 2 is 1.74 bits per heavy atom. The summed E-state index contributed by atoms with van der Waals surface area (Å²) in [5, 5.41) is 2.85. The van der Waals surface area contributed by atoms with E-state index in [1.165, 1.54) is 0 Å². The number of methoxy groups -OCH3 is 2. The Hall–Kier alpha value is -2.50. The molecular weight excluding hydrogens is 246 g/mol. The van der Waals surface area contributed by atoms with Gasteiger partial charge in [-0.2, -0.15) is 4.98 Å². The summed E-state index contributed by atoms with van der Waals surface area (Å²) < 4.78 is 16.2. The Bertz CT molecular complexity index is 538. The normalized spacial score (nSPS) is 9.84. The summed E-state index contributed by atoms with van der Waals surface area (Å²) in [6.45, 7) is 0. The van der Waals surface area contributed by atoms with E-state index in [4.69, 9.17) is 14.2 Å². The second kappa shape index (κ2) is 5.90. The Balaban J connectivity index is 2.36. The molecule has 1 N–H and O–H groups in total. The lowest BCUT2D eigenvalue weighted by Crippen LogP contribution is -1.99. The van der Waals surface area contributed by atoms with E-state index in [0.717, 1.165) is 0 Å². The van der Waals surface area contributed by atoms with Gasteiger partial charge in [0.25, 0.3) is 0 Å². The number of nitrogens with zero attached hydrogens (tertiary/aromatic N) is 2. The smallest absolute Gasteiger partial charge is 0.225 e. The van der Waals surface area contributed by atoms with Crippen LogP contribution in [0.25, 0.3) is 0 Å². The van der Waals surface area contributed by atoms with Gasteiger partial charge in [-0.1, -0.05) is 6.07 Å². The van der Waals surface area contributed by atoms with Crippen molar-refractivity contribution in [2.75, 3.05) is 26.6 Å². The first-order valence-electron chi connectivity index (χ1n) is 5.68. The molecule has 0 atom stereocenters. The van der Waals surface area contributed by atoms with Gasteiger partial charge in [0.15, 0.2) is 11.5 Å². The second-order valence-electron chi connectivity index (χ2n) is 3.56. The average molecular weight is 261 g/mol. The summed E-state index contributed by atoms with van der Waals surface area (Å²) >= 11 is 0. The van der Waals surface area contributed by atoms with Crippen LogP contribution in [0.15, 0.2) is 30.5 Å². The molecule has 2 aromatic rings. The molecule has 2 rings (SSSR count). The van der Waals surface area contributed by atoms with Crippen LogP contribution in [0.5, 0.6) is 23.1 Å². The highest BCUT2D eigenvalue weighted by Gasteiger charge is 2.13. The quantitative estimate of drug-likeness (QED) is 0.891. The molecule has 0 radical (unpaired) electrons. The topological polar surface area (TPSA) is 65.5 Å². The van der Waals surface area contributed by atoms with E-state index in [2.05, 4.69) is 15.3 Å². The third-order valence-corrected chi connectivity index (χ3v) is 2.44. The SMILES string of the molecule is CNc1nccc(Oc2c(OC)cccc2OC)n1. The van der Waals surface area contributed by atoms with Gasteiger partial charge in [0.1, 0.15) is 0 Å². The molecule has 0 aliphatic carbocycles. The van der Waals surface area contributed by atoms with E-state index >= 15 is 0 Å². The van der Waals surface area contributed by atoms with Gasteiger partial charge in [-0.25, -0.2) is 4.98 Å². The van der Waals surface area contributed by atoms with Crippen molar-refractivity contribution in [2.45, 2.75) is 0 Å². The molecule has 1 aromatic heterocycles. The highest BCUT2D eigenvalue weighted by molar-refractivity contribution is 5.52. The van der Waals surface area contributed by atoms with Crippen molar-refractivity contribution in [3.8, 4) is 23.1 Å². The summed E-state index contributed by atoms with van der Waals surface area (Å²) in [5.41, 5.74) is 0. The van der Waals surface area contributed by atoms with Crippen molar-refractivity contribution in [3.05, 3.63) is 30.5 Å². The predicted octanol–water partition coefficient (Wildman–Crippen LogP) is 2.33. The Kier molecular flexibility index (Phi) is 4.02. The monoisotopic (exact) mass is 261 g/mol. The van der Waals surface area contributed by atoms with Crippen LogP contribution in [0.4, 0.5) is 5.95 Å². The van der Waals surface area contributed by atoms with Gasteiger partial charge >= 0.3 is 0 Å². The molecule has 0 saturated carbocycles. The summed E-state index contributed by atoms with van der Waals surface area (Å²) in [7, 11) is 4.88. The first-order chi connectivity index (χ1) is 9.28. The van der Waals surface area contributed by atoms with Crippen molar-refractivity contribution in [3.63, 3.8) is 0 Å². The summed E-state index contributed by atoms with van der Waals surface area (Å²) in [4.78, 5) is 8.20. The molecule has 0 saturated heterocycles. The molecular formula is C13H15N3O3. The molecule has 1 aromatic carbocycles. The fourth-order valence-electron chi connectivity index (χ4n) is 1.54. The molecule has 0 spiro atoms. The molecule has 6 heteroatoms. The second-order valence-corrected chi connectivity index (χ2v) is 3.56. The van der Waals surface area contributed by atoms with E-state index in [1.807, 2.05) is 6.07 Å². The molecule has 6 nitrogen and oxygen atoms in total. The van der Waals surface area contributed by atoms with Gasteiger partial charge < -0.3 is 19.5 Å². The summed E-state index contributed by atoms with van der Waals surface area (Å²) in [6, 6.07) is 7.06. The lowest BCUT2D eigenvalue weighted by atomic mass is 10.3. The van der Waals surface area contributed by atoms with E-state index in [-0.39, 0.29) is 0 Å². The van der Waals surface area contributed by atoms with Crippen molar-refractivity contribution in [2.24, 2.45) is 0 Å². The van der Waals surface area contributed by atoms with Gasteiger partial charge in [0.05, 0.1) is 14.2 Å². The van der Waals surface area contributed by atoms with E-state index < -0.39 is 0 Å². The third-order valence-electron chi connectivity index (χ3n) is 2.44. The van der Waals surface area contributed by atoms with Gasteiger partial charge in [-0.3, -0.25) is 0 Å². The first-order valence-corrected chi connectivity index (χ1v) is 5.68.